The van der Waals surface area contributed by atoms with Crippen LogP contribution in [0.1, 0.15) is 22.3 Å². The van der Waals surface area contributed by atoms with Gasteiger partial charge in [0.25, 0.3) is 5.91 Å². The number of rotatable bonds is 1. The molecule has 0 bridgehead atoms. The number of carbonyl (C=O) groups is 2. The predicted molar refractivity (Wildman–Crippen MR) is 96.1 cm³/mol. The van der Waals surface area contributed by atoms with E-state index in [9.17, 15) is 22.4 Å². The maximum Gasteiger partial charge on any atom is 0.490 e. The van der Waals surface area contributed by atoms with Crippen molar-refractivity contribution in [3.63, 3.8) is 0 Å². The Morgan fingerprint density at radius 2 is 1.86 bits per heavy atom. The highest BCUT2D eigenvalue weighted by molar-refractivity contribution is 5.96. The molecule has 29 heavy (non-hydrogen) atoms. The fraction of sp³-hybridized carbons (Fsp3) is 0.579. The molecule has 1 aromatic rings. The minimum atomic E-state index is -5.08. The Kier molecular flexibility index (Phi) is 7.59. The number of carbonyl (C=O) groups excluding carboxylic acids is 1. The number of likely N-dealkylation sites (tertiary alicyclic amines) is 1. The molecule has 0 aromatic heterocycles. The molecule has 2 aliphatic rings. The molecule has 0 aliphatic carbocycles. The summed E-state index contributed by atoms with van der Waals surface area (Å²) >= 11 is 0. The molecule has 0 radical (unpaired) electrons. The van der Waals surface area contributed by atoms with Crippen molar-refractivity contribution in [2.75, 3.05) is 39.8 Å². The van der Waals surface area contributed by atoms with Crippen LogP contribution in [0.25, 0.3) is 0 Å². The van der Waals surface area contributed by atoms with Crippen LogP contribution in [0.15, 0.2) is 18.2 Å². The number of fused-ring (bicyclic) bond motifs is 1. The Morgan fingerprint density at radius 1 is 1.21 bits per heavy atom. The highest BCUT2D eigenvalue weighted by Crippen LogP contribution is 2.26. The van der Waals surface area contributed by atoms with E-state index in [1.165, 1.54) is 6.07 Å². The number of aliphatic carboxylic acids is 1. The van der Waals surface area contributed by atoms with Gasteiger partial charge in [-0.1, -0.05) is 12.1 Å². The third kappa shape index (κ3) is 6.14. The molecule has 1 N–H and O–H groups in total. The molecule has 2 aliphatic heterocycles. The standard InChI is InChI=1S/C17H23FN2O2.C2HF3O2/c1-12-4-3-5-14(18)16(12)17(21)20-7-6-13-10-19(2)8-9-22-15(13)11-20;3-2(4,5)1(6)7/h3-5,13,15H,6-11H2,1-2H3;(H,6,7)/t13-,15-;/m1./s1. The van der Waals surface area contributed by atoms with Crippen molar-refractivity contribution in [1.29, 1.82) is 0 Å². The van der Waals surface area contributed by atoms with E-state index in [0.717, 1.165) is 19.5 Å². The number of halogens is 4. The lowest BCUT2D eigenvalue weighted by Gasteiger charge is -2.38. The van der Waals surface area contributed by atoms with Crippen molar-refractivity contribution in [3.8, 4) is 0 Å². The van der Waals surface area contributed by atoms with Gasteiger partial charge in [-0.05, 0) is 32.0 Å². The lowest BCUT2D eigenvalue weighted by atomic mass is 9.92. The van der Waals surface area contributed by atoms with Crippen LogP contribution in [0.5, 0.6) is 0 Å². The van der Waals surface area contributed by atoms with E-state index in [2.05, 4.69) is 11.9 Å². The van der Waals surface area contributed by atoms with Gasteiger partial charge in [-0.25, -0.2) is 9.18 Å². The van der Waals surface area contributed by atoms with E-state index >= 15 is 0 Å². The molecule has 1 aromatic carbocycles. The van der Waals surface area contributed by atoms with E-state index in [4.69, 9.17) is 14.6 Å². The smallest absolute Gasteiger partial charge is 0.475 e. The van der Waals surface area contributed by atoms with Crippen molar-refractivity contribution in [1.82, 2.24) is 9.80 Å². The summed E-state index contributed by atoms with van der Waals surface area (Å²) in [5, 5.41) is 7.12. The Morgan fingerprint density at radius 3 is 2.45 bits per heavy atom. The number of piperidine rings is 1. The predicted octanol–water partition coefficient (Wildman–Crippen LogP) is 2.56. The molecule has 2 heterocycles. The molecular weight excluding hydrogens is 396 g/mol. The zero-order chi connectivity index (χ0) is 21.8. The van der Waals surface area contributed by atoms with Crippen molar-refractivity contribution < 1.29 is 37.0 Å². The summed E-state index contributed by atoms with van der Waals surface area (Å²) in [6, 6.07) is 4.77. The number of likely N-dealkylation sites (N-methyl/N-ethyl adjacent to an activating group) is 1. The van der Waals surface area contributed by atoms with Crippen LogP contribution in [0.3, 0.4) is 0 Å². The van der Waals surface area contributed by atoms with Crippen molar-refractivity contribution in [3.05, 3.63) is 35.1 Å². The number of carboxylic acids is 1. The fourth-order valence-corrected chi connectivity index (χ4v) is 3.46. The van der Waals surface area contributed by atoms with Gasteiger partial charge in [0.2, 0.25) is 0 Å². The first-order valence-electron chi connectivity index (χ1n) is 9.15. The number of hydrogen-bond acceptors (Lipinski definition) is 4. The summed E-state index contributed by atoms with van der Waals surface area (Å²) < 4.78 is 51.7. The molecule has 0 unspecified atom stereocenters. The minimum absolute atomic E-state index is 0.0646. The van der Waals surface area contributed by atoms with Crippen molar-refractivity contribution in [2.45, 2.75) is 25.6 Å². The van der Waals surface area contributed by atoms with Gasteiger partial charge in [0.1, 0.15) is 5.82 Å². The quantitative estimate of drug-likeness (QED) is 0.708. The molecule has 2 fully saturated rings. The first-order valence-corrected chi connectivity index (χ1v) is 9.15. The molecule has 1 amide bonds. The highest BCUT2D eigenvalue weighted by Gasteiger charge is 2.38. The number of ether oxygens (including phenoxy) is 1. The minimum Gasteiger partial charge on any atom is -0.475 e. The van der Waals surface area contributed by atoms with E-state index in [1.807, 2.05) is 0 Å². The maximum atomic E-state index is 14.0. The summed E-state index contributed by atoms with van der Waals surface area (Å²) in [5.41, 5.74) is 0.889. The van der Waals surface area contributed by atoms with Gasteiger partial charge in [-0.15, -0.1) is 0 Å². The van der Waals surface area contributed by atoms with E-state index in [1.54, 1.807) is 24.0 Å². The number of carboxylic acid groups (broad SMARTS) is 1. The Balaban J connectivity index is 0.000000370. The van der Waals surface area contributed by atoms with Gasteiger partial charge < -0.3 is 19.6 Å². The largest absolute Gasteiger partial charge is 0.490 e. The van der Waals surface area contributed by atoms with Gasteiger partial charge in [-0.3, -0.25) is 4.79 Å². The summed E-state index contributed by atoms with van der Waals surface area (Å²) in [7, 11) is 2.10. The summed E-state index contributed by atoms with van der Waals surface area (Å²) in [5.74, 6) is -2.95. The highest BCUT2D eigenvalue weighted by atomic mass is 19.4. The second kappa shape index (κ2) is 9.53. The Bertz CT molecular complexity index is 721. The van der Waals surface area contributed by atoms with Gasteiger partial charge >= 0.3 is 12.1 Å². The van der Waals surface area contributed by atoms with Crippen molar-refractivity contribution >= 4 is 11.9 Å². The maximum absolute atomic E-state index is 14.0. The summed E-state index contributed by atoms with van der Waals surface area (Å²) in [4.78, 5) is 25.6. The van der Waals surface area contributed by atoms with E-state index < -0.39 is 18.0 Å². The van der Waals surface area contributed by atoms with Crippen LogP contribution >= 0.6 is 0 Å². The van der Waals surface area contributed by atoms with Crippen LogP contribution in [0.4, 0.5) is 17.6 Å². The molecular formula is C19H24F4N2O4. The SMILES string of the molecule is Cc1cccc(F)c1C(=O)N1CC[C@@H]2CN(C)CCO[C@@H]2C1.O=C(O)C(F)(F)F. The average molecular weight is 420 g/mol. The number of amides is 1. The van der Waals surface area contributed by atoms with Gasteiger partial charge in [0.05, 0.1) is 18.3 Å². The van der Waals surface area contributed by atoms with E-state index in [-0.39, 0.29) is 17.6 Å². The molecule has 0 saturated carbocycles. The number of alkyl halides is 3. The van der Waals surface area contributed by atoms with Gasteiger partial charge in [0, 0.05) is 32.1 Å². The number of aryl methyl sites for hydroxylation is 1. The molecule has 3 rings (SSSR count). The topological polar surface area (TPSA) is 70.1 Å². The average Bonchev–Trinajstić information content (AvgIpc) is 2.81. The van der Waals surface area contributed by atoms with E-state index in [0.29, 0.717) is 31.2 Å². The first-order chi connectivity index (χ1) is 13.5. The lowest BCUT2D eigenvalue weighted by Crippen LogP contribution is -2.49. The monoisotopic (exact) mass is 420 g/mol. The second-order valence-corrected chi connectivity index (χ2v) is 7.21. The third-order valence-corrected chi connectivity index (χ3v) is 5.01. The lowest BCUT2D eigenvalue weighted by molar-refractivity contribution is -0.192. The molecule has 162 valence electrons. The summed E-state index contributed by atoms with van der Waals surface area (Å²) in [6.45, 7) is 5.63. The molecule has 10 heteroatoms. The normalized spacial score (nSPS) is 22.8. The molecule has 2 atom stereocenters. The Labute approximate surface area is 166 Å². The second-order valence-electron chi connectivity index (χ2n) is 7.21. The fourth-order valence-electron chi connectivity index (χ4n) is 3.46. The number of hydrogen-bond donors (Lipinski definition) is 1. The molecule has 2 saturated heterocycles. The van der Waals surface area contributed by atoms with Crippen LogP contribution in [-0.4, -0.2) is 78.9 Å². The van der Waals surface area contributed by atoms with Crippen molar-refractivity contribution in [2.24, 2.45) is 5.92 Å². The van der Waals surface area contributed by atoms with Crippen LogP contribution < -0.4 is 0 Å². The molecule has 0 spiro atoms. The zero-order valence-electron chi connectivity index (χ0n) is 16.2. The van der Waals surface area contributed by atoms with Crippen LogP contribution in [0.2, 0.25) is 0 Å². The van der Waals surface area contributed by atoms with Gasteiger partial charge in [0.15, 0.2) is 0 Å². The summed E-state index contributed by atoms with van der Waals surface area (Å²) in [6.07, 6.45) is -4.11. The zero-order valence-corrected chi connectivity index (χ0v) is 16.2. The van der Waals surface area contributed by atoms with Crippen LogP contribution in [-0.2, 0) is 9.53 Å². The Hall–Kier alpha value is -2.20. The molecule has 6 nitrogen and oxygen atoms in total. The first kappa shape index (κ1) is 23.1. The van der Waals surface area contributed by atoms with Gasteiger partial charge in [-0.2, -0.15) is 13.2 Å². The number of benzene rings is 1. The third-order valence-electron chi connectivity index (χ3n) is 5.01. The van der Waals surface area contributed by atoms with Crippen LogP contribution in [0, 0.1) is 18.7 Å². The number of nitrogens with zero attached hydrogens (tertiary/aromatic N) is 2.